The fraction of sp³-hybridized carbons (Fsp3) is 0.385. The highest BCUT2D eigenvalue weighted by Crippen LogP contribution is 2.39. The van der Waals surface area contributed by atoms with Crippen LogP contribution < -0.4 is 9.47 Å². The van der Waals surface area contributed by atoms with Gasteiger partial charge >= 0.3 is 0 Å². The zero-order valence-electron chi connectivity index (χ0n) is 19.5. The Hall–Kier alpha value is -3.36. The van der Waals surface area contributed by atoms with Gasteiger partial charge in [0.2, 0.25) is 0 Å². The van der Waals surface area contributed by atoms with Crippen LogP contribution in [0.3, 0.4) is 0 Å². The Morgan fingerprint density at radius 3 is 2.26 bits per heavy atom. The van der Waals surface area contributed by atoms with Gasteiger partial charge in [0.05, 0.1) is 38.5 Å². The van der Waals surface area contributed by atoms with Crippen molar-refractivity contribution in [2.75, 3.05) is 53.1 Å². The van der Waals surface area contributed by atoms with Crippen molar-refractivity contribution in [3.8, 4) is 11.5 Å². The Labute approximate surface area is 199 Å². The number of aliphatic hydroxyl groups is 1. The molecule has 0 saturated carbocycles. The first-order valence-electron chi connectivity index (χ1n) is 11.5. The molecule has 2 aromatic rings. The van der Waals surface area contributed by atoms with Crippen molar-refractivity contribution in [2.45, 2.75) is 13.0 Å². The molecule has 0 aliphatic carbocycles. The lowest BCUT2D eigenvalue weighted by Gasteiger charge is -2.31. The van der Waals surface area contributed by atoms with E-state index in [1.54, 1.807) is 48.4 Å². The fourth-order valence-corrected chi connectivity index (χ4v) is 4.35. The second-order valence-corrected chi connectivity index (χ2v) is 8.18. The Bertz CT molecular complexity index is 1040. The van der Waals surface area contributed by atoms with Gasteiger partial charge in [0.15, 0.2) is 0 Å². The Balaban J connectivity index is 1.70. The van der Waals surface area contributed by atoms with Gasteiger partial charge in [-0.3, -0.25) is 14.5 Å². The molecule has 2 saturated heterocycles. The van der Waals surface area contributed by atoms with E-state index >= 15 is 0 Å². The number of likely N-dealkylation sites (tertiary alicyclic amines) is 1. The van der Waals surface area contributed by atoms with Gasteiger partial charge in [-0.25, -0.2) is 0 Å². The van der Waals surface area contributed by atoms with E-state index in [1.165, 1.54) is 0 Å². The predicted molar refractivity (Wildman–Crippen MR) is 127 cm³/mol. The third-order valence-corrected chi connectivity index (χ3v) is 6.17. The van der Waals surface area contributed by atoms with Gasteiger partial charge in [-0.2, -0.15) is 0 Å². The summed E-state index contributed by atoms with van der Waals surface area (Å²) in [6, 6.07) is 13.4. The molecule has 1 amide bonds. The molecule has 8 nitrogen and oxygen atoms in total. The predicted octanol–water partition coefficient (Wildman–Crippen LogP) is 2.85. The van der Waals surface area contributed by atoms with Gasteiger partial charge in [-0.1, -0.05) is 12.1 Å². The van der Waals surface area contributed by atoms with E-state index in [0.717, 1.165) is 18.7 Å². The molecular weight excluding hydrogens is 436 g/mol. The first-order valence-corrected chi connectivity index (χ1v) is 11.5. The minimum Gasteiger partial charge on any atom is -0.507 e. The zero-order valence-corrected chi connectivity index (χ0v) is 19.5. The van der Waals surface area contributed by atoms with Gasteiger partial charge in [-0.15, -0.1) is 0 Å². The monoisotopic (exact) mass is 466 g/mol. The number of ether oxygens (including phenoxy) is 3. The SMILES string of the molecule is CCOc1ccc(C(O)=C2C(=O)C(=O)N(CCN3CCOCC3)C2c2ccc(OC)cc2)cc1. The van der Waals surface area contributed by atoms with Crippen LogP contribution in [-0.4, -0.2) is 79.7 Å². The number of methoxy groups -OCH3 is 1. The number of Topliss-reactive ketones (excluding diaryl/α,β-unsaturated/α-hetero) is 1. The minimum atomic E-state index is -0.696. The van der Waals surface area contributed by atoms with Crippen molar-refractivity contribution < 1.29 is 28.9 Å². The molecule has 180 valence electrons. The quantitative estimate of drug-likeness (QED) is 0.364. The van der Waals surface area contributed by atoms with E-state index < -0.39 is 17.7 Å². The van der Waals surface area contributed by atoms with Crippen LogP contribution in [0.5, 0.6) is 11.5 Å². The van der Waals surface area contributed by atoms with Gasteiger partial charge in [0.1, 0.15) is 17.3 Å². The highest BCUT2D eigenvalue weighted by atomic mass is 16.5. The summed E-state index contributed by atoms with van der Waals surface area (Å²) >= 11 is 0. The largest absolute Gasteiger partial charge is 0.507 e. The summed E-state index contributed by atoms with van der Waals surface area (Å²) in [6.45, 7) is 6.26. The number of hydrogen-bond donors (Lipinski definition) is 1. The first kappa shape index (κ1) is 23.8. The number of carbonyl (C=O) groups is 2. The molecule has 0 bridgehead atoms. The smallest absolute Gasteiger partial charge is 0.295 e. The second-order valence-electron chi connectivity index (χ2n) is 8.18. The molecule has 2 fully saturated rings. The number of benzene rings is 2. The standard InChI is InChI=1S/C26H30N2O6/c1-3-34-21-10-6-19(7-11-21)24(29)22-23(18-4-8-20(32-2)9-5-18)28(26(31)25(22)30)13-12-27-14-16-33-17-15-27/h4-11,23,29H,3,12-17H2,1-2H3. The maximum absolute atomic E-state index is 13.2. The molecule has 2 heterocycles. The normalized spacial score (nSPS) is 20.5. The number of rotatable bonds is 8. The van der Waals surface area contributed by atoms with Crippen LogP contribution in [-0.2, 0) is 14.3 Å². The summed E-state index contributed by atoms with van der Waals surface area (Å²) < 4.78 is 16.1. The lowest BCUT2D eigenvalue weighted by atomic mass is 9.95. The van der Waals surface area contributed by atoms with Crippen LogP contribution >= 0.6 is 0 Å². The van der Waals surface area contributed by atoms with Gasteiger partial charge in [0, 0.05) is 31.7 Å². The summed E-state index contributed by atoms with van der Waals surface area (Å²) in [5.41, 5.74) is 1.27. The molecule has 1 N–H and O–H groups in total. The summed E-state index contributed by atoms with van der Waals surface area (Å²) in [6.07, 6.45) is 0. The molecule has 2 aromatic carbocycles. The Morgan fingerprint density at radius 1 is 1.00 bits per heavy atom. The zero-order chi connectivity index (χ0) is 24.1. The molecule has 34 heavy (non-hydrogen) atoms. The molecule has 2 aliphatic rings. The van der Waals surface area contributed by atoms with E-state index in [1.807, 2.05) is 19.1 Å². The molecule has 4 rings (SSSR count). The van der Waals surface area contributed by atoms with Crippen molar-refractivity contribution >= 4 is 17.4 Å². The molecule has 0 spiro atoms. The van der Waals surface area contributed by atoms with Gasteiger partial charge < -0.3 is 24.2 Å². The third kappa shape index (κ3) is 4.93. The summed E-state index contributed by atoms with van der Waals surface area (Å²) in [5, 5.41) is 11.2. The molecular formula is C26H30N2O6. The number of aliphatic hydroxyl groups excluding tert-OH is 1. The van der Waals surface area contributed by atoms with Crippen molar-refractivity contribution in [2.24, 2.45) is 0 Å². The molecule has 2 aliphatic heterocycles. The topological polar surface area (TPSA) is 88.5 Å². The molecule has 1 unspecified atom stereocenters. The number of carbonyl (C=O) groups excluding carboxylic acids is 2. The van der Waals surface area contributed by atoms with Crippen molar-refractivity contribution in [1.82, 2.24) is 9.80 Å². The van der Waals surface area contributed by atoms with E-state index in [9.17, 15) is 14.7 Å². The second kappa shape index (κ2) is 10.7. The lowest BCUT2D eigenvalue weighted by Crippen LogP contribution is -2.42. The number of hydrogen-bond acceptors (Lipinski definition) is 7. The van der Waals surface area contributed by atoms with Crippen LogP contribution in [0.15, 0.2) is 54.1 Å². The van der Waals surface area contributed by atoms with Gasteiger partial charge in [0.25, 0.3) is 11.7 Å². The highest BCUT2D eigenvalue weighted by molar-refractivity contribution is 6.46. The number of amides is 1. The van der Waals surface area contributed by atoms with Crippen LogP contribution in [0, 0.1) is 0 Å². The number of ketones is 1. The maximum atomic E-state index is 13.2. The average molecular weight is 467 g/mol. The van der Waals surface area contributed by atoms with Crippen LogP contribution in [0.1, 0.15) is 24.1 Å². The van der Waals surface area contributed by atoms with Crippen LogP contribution in [0.4, 0.5) is 0 Å². The molecule has 0 aromatic heterocycles. The Morgan fingerprint density at radius 2 is 1.65 bits per heavy atom. The van der Waals surface area contributed by atoms with E-state index in [4.69, 9.17) is 14.2 Å². The summed E-state index contributed by atoms with van der Waals surface area (Å²) in [7, 11) is 1.58. The average Bonchev–Trinajstić information content (AvgIpc) is 3.13. The van der Waals surface area contributed by atoms with Crippen molar-refractivity contribution in [3.63, 3.8) is 0 Å². The maximum Gasteiger partial charge on any atom is 0.295 e. The Kier molecular flexibility index (Phi) is 7.49. The molecule has 8 heteroatoms. The number of morpholine rings is 1. The van der Waals surface area contributed by atoms with Crippen molar-refractivity contribution in [3.05, 3.63) is 65.2 Å². The van der Waals surface area contributed by atoms with E-state index in [0.29, 0.717) is 50.0 Å². The van der Waals surface area contributed by atoms with Gasteiger partial charge in [-0.05, 0) is 48.9 Å². The molecule has 0 radical (unpaired) electrons. The lowest BCUT2D eigenvalue weighted by molar-refractivity contribution is -0.140. The first-order chi connectivity index (χ1) is 16.5. The highest BCUT2D eigenvalue weighted by Gasteiger charge is 2.46. The third-order valence-electron chi connectivity index (χ3n) is 6.17. The van der Waals surface area contributed by atoms with Crippen LogP contribution in [0.2, 0.25) is 0 Å². The number of nitrogens with zero attached hydrogens (tertiary/aromatic N) is 2. The molecule has 1 atom stereocenters. The van der Waals surface area contributed by atoms with Crippen molar-refractivity contribution in [1.29, 1.82) is 0 Å². The minimum absolute atomic E-state index is 0.0845. The van der Waals surface area contributed by atoms with E-state index in [2.05, 4.69) is 4.90 Å². The van der Waals surface area contributed by atoms with E-state index in [-0.39, 0.29) is 11.3 Å². The summed E-state index contributed by atoms with van der Waals surface area (Å²) in [5.74, 6) is -0.163. The fourth-order valence-electron chi connectivity index (χ4n) is 4.35. The summed E-state index contributed by atoms with van der Waals surface area (Å²) in [4.78, 5) is 30.0. The van der Waals surface area contributed by atoms with Crippen LogP contribution in [0.25, 0.3) is 5.76 Å².